The number of para-hydroxylation sites is 1. The number of aliphatic imine (C=N–C) groups is 1. The Morgan fingerprint density at radius 1 is 1.15 bits per heavy atom. The number of aliphatic carboxylic acids is 1. The first-order valence-corrected chi connectivity index (χ1v) is 13.1. The van der Waals surface area contributed by atoms with Crippen molar-refractivity contribution in [2.75, 3.05) is 58.4 Å². The molecule has 3 N–H and O–H groups in total. The predicted octanol–water partition coefficient (Wildman–Crippen LogP) is 3.52. The minimum Gasteiger partial charge on any atom is -0.493 e. The van der Waals surface area contributed by atoms with Gasteiger partial charge in [0.2, 0.25) is 5.96 Å². The normalized spacial score (nSPS) is 14.3. The lowest BCUT2D eigenvalue weighted by Gasteiger charge is -2.26. The van der Waals surface area contributed by atoms with E-state index in [9.17, 15) is 4.79 Å². The predicted molar refractivity (Wildman–Crippen MR) is 150 cm³/mol. The number of aryl methyl sites for hydroxylation is 2. The summed E-state index contributed by atoms with van der Waals surface area (Å²) in [6.45, 7) is 9.14. The molecule has 0 atom stereocenters. The molecular weight excluding hydrogens is 500 g/mol. The van der Waals surface area contributed by atoms with Gasteiger partial charge in [-0.3, -0.25) is 9.69 Å². The largest absolute Gasteiger partial charge is 0.493 e. The monoisotopic (exact) mass is 536 g/mol. The van der Waals surface area contributed by atoms with Crippen LogP contribution in [-0.4, -0.2) is 85.0 Å². The van der Waals surface area contributed by atoms with E-state index in [4.69, 9.17) is 24.3 Å². The molecule has 0 radical (unpaired) electrons. The van der Waals surface area contributed by atoms with Crippen LogP contribution in [0, 0.1) is 13.8 Å². The van der Waals surface area contributed by atoms with E-state index in [1.54, 1.807) is 7.11 Å². The fraction of sp³-hybridized carbons (Fsp3) is 0.429. The van der Waals surface area contributed by atoms with Crippen LogP contribution in [0.15, 0.2) is 41.7 Å². The van der Waals surface area contributed by atoms with Crippen molar-refractivity contribution in [3.8, 4) is 11.5 Å². The lowest BCUT2D eigenvalue weighted by molar-refractivity contribution is -0.136. The first-order valence-electron chi connectivity index (χ1n) is 13.1. The van der Waals surface area contributed by atoms with Crippen LogP contribution in [0.4, 0.5) is 11.5 Å². The van der Waals surface area contributed by atoms with Gasteiger partial charge in [-0.2, -0.15) is 4.99 Å². The zero-order chi connectivity index (χ0) is 27.6. The summed E-state index contributed by atoms with van der Waals surface area (Å²) in [6.07, 6.45) is 2.28. The Balaban J connectivity index is 1.57. The van der Waals surface area contributed by atoms with Crippen molar-refractivity contribution >= 4 is 34.3 Å². The van der Waals surface area contributed by atoms with Gasteiger partial charge >= 0.3 is 5.97 Å². The number of hydrogen-bond acceptors (Lipinski definition) is 8. The highest BCUT2D eigenvalue weighted by Crippen LogP contribution is 2.35. The van der Waals surface area contributed by atoms with E-state index in [2.05, 4.69) is 25.5 Å². The number of hydrogen-bond donors (Lipinski definition) is 3. The maximum Gasteiger partial charge on any atom is 0.305 e. The van der Waals surface area contributed by atoms with Gasteiger partial charge < -0.3 is 30.0 Å². The summed E-state index contributed by atoms with van der Waals surface area (Å²) in [6, 6.07) is 9.63. The maximum absolute atomic E-state index is 11.1. The van der Waals surface area contributed by atoms with Crippen LogP contribution in [-0.2, 0) is 9.53 Å². The second-order valence-electron chi connectivity index (χ2n) is 9.30. The van der Waals surface area contributed by atoms with E-state index in [0.717, 1.165) is 56.1 Å². The van der Waals surface area contributed by atoms with Gasteiger partial charge in [0.05, 0.1) is 38.9 Å². The van der Waals surface area contributed by atoms with Crippen LogP contribution in [0.5, 0.6) is 11.5 Å². The summed E-state index contributed by atoms with van der Waals surface area (Å²) in [5.74, 6) is 1.06. The van der Waals surface area contributed by atoms with E-state index < -0.39 is 5.97 Å². The molecule has 0 amide bonds. The van der Waals surface area contributed by atoms with Crippen LogP contribution in [0.1, 0.15) is 24.0 Å². The smallest absolute Gasteiger partial charge is 0.305 e. The number of carbonyl (C=O) groups is 1. The van der Waals surface area contributed by atoms with Gasteiger partial charge in [-0.25, -0.2) is 9.97 Å². The molecule has 3 aromatic rings. The van der Waals surface area contributed by atoms with Crippen molar-refractivity contribution in [3.63, 3.8) is 0 Å². The number of fused-ring (bicyclic) bond motifs is 1. The molecule has 1 aromatic heterocycles. The van der Waals surface area contributed by atoms with Crippen LogP contribution in [0.25, 0.3) is 10.9 Å². The lowest BCUT2D eigenvalue weighted by atomic mass is 10.1. The highest BCUT2D eigenvalue weighted by atomic mass is 16.5. The third kappa shape index (κ3) is 7.78. The molecule has 2 heterocycles. The molecule has 2 aromatic carbocycles. The van der Waals surface area contributed by atoms with E-state index >= 15 is 0 Å². The van der Waals surface area contributed by atoms with E-state index in [1.807, 2.05) is 44.2 Å². The number of aromatic nitrogens is 2. The van der Waals surface area contributed by atoms with Gasteiger partial charge in [0, 0.05) is 43.3 Å². The molecule has 1 aliphatic rings. The lowest BCUT2D eigenvalue weighted by Crippen LogP contribution is -2.37. The quantitative estimate of drug-likeness (QED) is 0.190. The molecule has 11 heteroatoms. The van der Waals surface area contributed by atoms with Crippen LogP contribution in [0.2, 0.25) is 0 Å². The van der Waals surface area contributed by atoms with Gasteiger partial charge in [-0.05, 0) is 37.5 Å². The highest BCUT2D eigenvalue weighted by Gasteiger charge is 2.14. The summed E-state index contributed by atoms with van der Waals surface area (Å²) in [4.78, 5) is 27.0. The Morgan fingerprint density at radius 2 is 1.92 bits per heavy atom. The van der Waals surface area contributed by atoms with Crippen molar-refractivity contribution in [2.45, 2.75) is 26.7 Å². The van der Waals surface area contributed by atoms with Crippen molar-refractivity contribution in [3.05, 3.63) is 47.8 Å². The number of guanidine groups is 1. The Kier molecular flexibility index (Phi) is 9.87. The molecule has 0 aliphatic carbocycles. The first-order chi connectivity index (χ1) is 18.9. The summed E-state index contributed by atoms with van der Waals surface area (Å²) >= 11 is 0. The zero-order valence-corrected chi connectivity index (χ0v) is 22.7. The molecule has 11 nitrogen and oxygen atoms in total. The van der Waals surface area contributed by atoms with Gasteiger partial charge in [0.25, 0.3) is 0 Å². The molecule has 1 saturated heterocycles. The fourth-order valence-corrected chi connectivity index (χ4v) is 4.34. The van der Waals surface area contributed by atoms with Crippen LogP contribution in [0.3, 0.4) is 0 Å². The third-order valence-electron chi connectivity index (χ3n) is 6.45. The van der Waals surface area contributed by atoms with Crippen molar-refractivity contribution in [2.24, 2.45) is 4.99 Å². The zero-order valence-electron chi connectivity index (χ0n) is 22.7. The minimum absolute atomic E-state index is 0.0575. The fourth-order valence-electron chi connectivity index (χ4n) is 4.34. The molecule has 0 spiro atoms. The van der Waals surface area contributed by atoms with E-state index in [-0.39, 0.29) is 13.0 Å². The van der Waals surface area contributed by atoms with Gasteiger partial charge in [-0.1, -0.05) is 18.2 Å². The van der Waals surface area contributed by atoms with Crippen LogP contribution < -0.4 is 20.1 Å². The van der Waals surface area contributed by atoms with Crippen molar-refractivity contribution < 1.29 is 24.1 Å². The maximum atomic E-state index is 11.1. The van der Waals surface area contributed by atoms with E-state index in [1.165, 1.54) is 6.33 Å². The number of nitrogens with one attached hydrogen (secondary N) is 2. The number of rotatable bonds is 11. The SMILES string of the molecule is COc1cc2c(/N=C(\NCCC(=O)O)Nc3c(C)cccc3C)ncnc2cc1OCCCN1CCOCC1. The second-order valence-corrected chi connectivity index (χ2v) is 9.30. The summed E-state index contributed by atoms with van der Waals surface area (Å²) in [5, 5.41) is 16.2. The summed E-state index contributed by atoms with van der Waals surface area (Å²) in [5.41, 5.74) is 3.62. The number of benzene rings is 2. The topological polar surface area (TPSA) is 130 Å². The molecule has 4 rings (SSSR count). The third-order valence-corrected chi connectivity index (χ3v) is 6.45. The Labute approximate surface area is 228 Å². The number of nitrogens with zero attached hydrogens (tertiary/aromatic N) is 4. The molecule has 0 saturated carbocycles. The second kappa shape index (κ2) is 13.7. The average Bonchev–Trinajstić information content (AvgIpc) is 2.93. The van der Waals surface area contributed by atoms with Gasteiger partial charge in [0.1, 0.15) is 6.33 Å². The molecule has 0 unspecified atom stereocenters. The summed E-state index contributed by atoms with van der Waals surface area (Å²) in [7, 11) is 1.59. The Morgan fingerprint density at radius 3 is 2.64 bits per heavy atom. The van der Waals surface area contributed by atoms with Crippen molar-refractivity contribution in [1.29, 1.82) is 0 Å². The van der Waals surface area contributed by atoms with Gasteiger partial charge in [0.15, 0.2) is 17.3 Å². The standard InChI is InChI=1S/C28H36N6O5/c1-19-6-4-7-20(2)26(19)32-28(29-9-8-25(35)36)33-27-21-16-23(37-3)24(17-22(21)30-18-31-27)39-13-5-10-34-11-14-38-15-12-34/h4,6-7,16-18H,5,8-15H2,1-3H3,(H,35,36)(H2,29,30,31,32,33). The Hall–Kier alpha value is -3.96. The number of ether oxygens (including phenoxy) is 3. The number of morpholine rings is 1. The molecule has 1 fully saturated rings. The van der Waals surface area contributed by atoms with Gasteiger partial charge in [-0.15, -0.1) is 0 Å². The summed E-state index contributed by atoms with van der Waals surface area (Å²) < 4.78 is 17.1. The molecule has 0 bridgehead atoms. The number of methoxy groups -OCH3 is 1. The number of carboxylic acid groups (broad SMARTS) is 1. The van der Waals surface area contributed by atoms with Crippen molar-refractivity contribution in [1.82, 2.24) is 20.2 Å². The average molecular weight is 537 g/mol. The highest BCUT2D eigenvalue weighted by molar-refractivity contribution is 5.99. The number of carboxylic acids is 1. The Bertz CT molecular complexity index is 1290. The molecule has 208 valence electrons. The molecular formula is C28H36N6O5. The minimum atomic E-state index is -0.899. The van der Waals surface area contributed by atoms with Crippen LogP contribution >= 0.6 is 0 Å². The number of anilines is 1. The van der Waals surface area contributed by atoms with E-state index in [0.29, 0.717) is 40.8 Å². The first kappa shape index (κ1) is 28.1. The molecule has 1 aliphatic heterocycles. The molecule has 39 heavy (non-hydrogen) atoms.